The van der Waals surface area contributed by atoms with Gasteiger partial charge in [0.05, 0.1) is 32.0 Å². The topological polar surface area (TPSA) is 157 Å². The quantitative estimate of drug-likeness (QED) is 0.0647. The number of aliphatic hydroxyl groups is 2. The molecule has 1 saturated carbocycles. The van der Waals surface area contributed by atoms with E-state index in [0.29, 0.717) is 66.2 Å². The van der Waals surface area contributed by atoms with Crippen molar-refractivity contribution in [3.63, 3.8) is 0 Å². The van der Waals surface area contributed by atoms with E-state index in [1.807, 2.05) is 36.4 Å². The highest BCUT2D eigenvalue weighted by molar-refractivity contribution is 5.96. The number of aromatic hydroxyl groups is 3. The molecule has 1 fully saturated rings. The number of methoxy groups -OCH3 is 2. The second-order valence-electron chi connectivity index (χ2n) is 16.0. The molecule has 11 nitrogen and oxygen atoms in total. The molecule has 0 spiro atoms. The van der Waals surface area contributed by atoms with Gasteiger partial charge in [-0.25, -0.2) is 0 Å². The van der Waals surface area contributed by atoms with Crippen LogP contribution in [0, 0.1) is 11.8 Å². The molecule has 0 saturated heterocycles. The van der Waals surface area contributed by atoms with E-state index in [1.54, 1.807) is 56.7 Å². The van der Waals surface area contributed by atoms with E-state index in [-0.39, 0.29) is 43.2 Å². The Hall–Kier alpha value is -5.20. The minimum absolute atomic E-state index is 0.0419. The van der Waals surface area contributed by atoms with Gasteiger partial charge in [0.1, 0.15) is 46.4 Å². The second-order valence-corrected chi connectivity index (χ2v) is 16.0. The highest BCUT2D eigenvalue weighted by atomic mass is 16.5. The molecule has 0 amide bonds. The van der Waals surface area contributed by atoms with Crippen molar-refractivity contribution < 1.29 is 54.0 Å². The summed E-state index contributed by atoms with van der Waals surface area (Å²) in [6, 6.07) is 23.2. The number of phenols is 3. The molecule has 8 rings (SSSR count). The Balaban J connectivity index is 1.23. The monoisotopic (exact) mass is 806 g/mol. The van der Waals surface area contributed by atoms with E-state index in [4.69, 9.17) is 28.4 Å². The fourth-order valence-corrected chi connectivity index (χ4v) is 9.36. The van der Waals surface area contributed by atoms with Gasteiger partial charge in [-0.3, -0.25) is 0 Å². The first-order valence-corrected chi connectivity index (χ1v) is 20.7. The van der Waals surface area contributed by atoms with Crippen molar-refractivity contribution in [2.75, 3.05) is 40.6 Å². The highest BCUT2D eigenvalue weighted by Crippen LogP contribution is 2.55. The minimum atomic E-state index is -1.01. The molecule has 2 aliphatic heterocycles. The van der Waals surface area contributed by atoms with Gasteiger partial charge in [-0.2, -0.15) is 0 Å². The Morgan fingerprint density at radius 2 is 1.56 bits per heavy atom. The first-order valence-electron chi connectivity index (χ1n) is 20.7. The summed E-state index contributed by atoms with van der Waals surface area (Å²) in [5.74, 6) is 1.84. The molecule has 5 N–H and O–H groups in total. The predicted octanol–water partition coefficient (Wildman–Crippen LogP) is 8.53. The van der Waals surface area contributed by atoms with Gasteiger partial charge in [0.25, 0.3) is 0 Å². The lowest BCUT2D eigenvalue weighted by Gasteiger charge is -2.46. The molecule has 312 valence electrons. The van der Waals surface area contributed by atoms with Gasteiger partial charge in [-0.15, -0.1) is 0 Å². The molecule has 3 aliphatic rings. The zero-order chi connectivity index (χ0) is 41.0. The number of phenolic OH excluding ortho intramolecular Hbond substituents is 3. The molecule has 11 heteroatoms. The first-order chi connectivity index (χ1) is 28.8. The lowest BCUT2D eigenvalue weighted by atomic mass is 9.72. The van der Waals surface area contributed by atoms with E-state index in [1.165, 1.54) is 0 Å². The summed E-state index contributed by atoms with van der Waals surface area (Å²) in [6.07, 6.45) is 4.22. The lowest BCUT2D eigenvalue weighted by Crippen LogP contribution is -2.46. The molecule has 0 aromatic heterocycles. The normalized spacial score (nSPS) is 21.4. The number of hydrogen-bond acceptors (Lipinski definition) is 11. The number of fused-ring (bicyclic) bond motifs is 4. The summed E-state index contributed by atoms with van der Waals surface area (Å²) in [5, 5.41) is 55.5. The van der Waals surface area contributed by atoms with Crippen LogP contribution in [0.1, 0.15) is 79.4 Å². The van der Waals surface area contributed by atoms with Crippen LogP contribution in [0.3, 0.4) is 0 Å². The van der Waals surface area contributed by atoms with E-state index in [2.05, 4.69) is 0 Å². The van der Waals surface area contributed by atoms with Crippen LogP contribution in [0.5, 0.6) is 40.2 Å². The standard InChI is InChI=1S/C48H54O11/c1-54-18-6-12-42-44(48(56-19-7-17-49)40-26-43(55-2)38-24-33(52)14-16-37(38)47(40)59-42)41-27-57-46-30(23-35(25-39(46)45(41)53)58-34-10-3-4-11-34)20-29-22-32(51)13-15-36(29)28-8-5-9-31(50)21-28/h5,8-9,13-16,21-26,34,41-42,44-45,48-53H,3-4,6-7,10-12,17-20,27H2,1-2H3/t41-,42-,44-,45-,48+/m1/s1. The molecule has 0 unspecified atom stereocenters. The van der Waals surface area contributed by atoms with Crippen molar-refractivity contribution in [1.82, 2.24) is 0 Å². The number of ether oxygens (including phenoxy) is 6. The van der Waals surface area contributed by atoms with Crippen LogP contribution in [0.25, 0.3) is 21.9 Å². The Morgan fingerprint density at radius 1 is 0.763 bits per heavy atom. The van der Waals surface area contributed by atoms with Crippen molar-refractivity contribution in [3.05, 3.63) is 101 Å². The smallest absolute Gasteiger partial charge is 0.133 e. The Kier molecular flexibility index (Phi) is 12.4. The van der Waals surface area contributed by atoms with E-state index >= 15 is 0 Å². The van der Waals surface area contributed by atoms with Crippen LogP contribution < -0.4 is 18.9 Å². The molecule has 59 heavy (non-hydrogen) atoms. The molecular weight excluding hydrogens is 753 g/mol. The van der Waals surface area contributed by atoms with Gasteiger partial charge in [0.15, 0.2) is 0 Å². The number of rotatable bonds is 15. The maximum atomic E-state index is 12.8. The molecular formula is C48H54O11. The summed E-state index contributed by atoms with van der Waals surface area (Å²) < 4.78 is 38.5. The van der Waals surface area contributed by atoms with Gasteiger partial charge >= 0.3 is 0 Å². The van der Waals surface area contributed by atoms with Gasteiger partial charge in [0, 0.05) is 72.6 Å². The van der Waals surface area contributed by atoms with Crippen LogP contribution in [0.4, 0.5) is 0 Å². The van der Waals surface area contributed by atoms with Crippen molar-refractivity contribution >= 4 is 10.8 Å². The van der Waals surface area contributed by atoms with Crippen LogP contribution in [0.15, 0.2) is 78.9 Å². The number of aliphatic hydroxyl groups excluding tert-OH is 2. The van der Waals surface area contributed by atoms with Crippen molar-refractivity contribution in [3.8, 4) is 51.4 Å². The van der Waals surface area contributed by atoms with Crippen LogP contribution in [0.2, 0.25) is 0 Å². The summed E-state index contributed by atoms with van der Waals surface area (Å²) in [7, 11) is 3.26. The predicted molar refractivity (Wildman–Crippen MR) is 223 cm³/mol. The van der Waals surface area contributed by atoms with Crippen LogP contribution in [-0.2, 0) is 15.9 Å². The number of hydrogen-bond donors (Lipinski definition) is 5. The SMILES string of the molecule is COCCC[C@H]1Oc2c(cc(OC)c3cc(O)ccc23)[C@H](OCCCO)[C@@H]1[C@H]1COc2c(Cc3cc(O)ccc3-c3cccc(O)c3)cc(OC3CCCC3)cc2[C@H]1O. The third-order valence-corrected chi connectivity index (χ3v) is 12.1. The zero-order valence-corrected chi connectivity index (χ0v) is 33.6. The van der Waals surface area contributed by atoms with Crippen LogP contribution in [-0.4, -0.2) is 78.4 Å². The largest absolute Gasteiger partial charge is 0.508 e. The van der Waals surface area contributed by atoms with E-state index in [0.717, 1.165) is 58.9 Å². The average Bonchev–Trinajstić information content (AvgIpc) is 3.74. The summed E-state index contributed by atoms with van der Waals surface area (Å²) in [5.41, 5.74) is 4.63. The first kappa shape index (κ1) is 40.6. The molecule has 2 heterocycles. The second kappa shape index (κ2) is 18.0. The Labute approximate surface area is 344 Å². The summed E-state index contributed by atoms with van der Waals surface area (Å²) in [6.45, 7) is 0.906. The highest BCUT2D eigenvalue weighted by Gasteiger charge is 2.49. The van der Waals surface area contributed by atoms with Gasteiger partial charge in [0.2, 0.25) is 0 Å². The third-order valence-electron chi connectivity index (χ3n) is 12.1. The minimum Gasteiger partial charge on any atom is -0.508 e. The van der Waals surface area contributed by atoms with Gasteiger partial charge < -0.3 is 54.0 Å². The summed E-state index contributed by atoms with van der Waals surface area (Å²) in [4.78, 5) is 0. The maximum absolute atomic E-state index is 12.8. The molecule has 5 atom stereocenters. The van der Waals surface area contributed by atoms with Crippen molar-refractivity contribution in [1.29, 1.82) is 0 Å². The fourth-order valence-electron chi connectivity index (χ4n) is 9.36. The number of benzene rings is 5. The molecule has 5 aromatic rings. The summed E-state index contributed by atoms with van der Waals surface area (Å²) >= 11 is 0. The zero-order valence-electron chi connectivity index (χ0n) is 33.6. The third kappa shape index (κ3) is 8.47. The molecule has 5 aromatic carbocycles. The molecule has 1 aliphatic carbocycles. The van der Waals surface area contributed by atoms with Crippen LogP contribution >= 0.6 is 0 Å². The fraction of sp³-hybridized carbons (Fsp3) is 0.417. The lowest BCUT2D eigenvalue weighted by molar-refractivity contribution is -0.113. The Bertz CT molecular complexity index is 2250. The van der Waals surface area contributed by atoms with Gasteiger partial charge in [-0.1, -0.05) is 18.2 Å². The van der Waals surface area contributed by atoms with E-state index in [9.17, 15) is 25.5 Å². The average molecular weight is 807 g/mol. The van der Waals surface area contributed by atoms with E-state index < -0.39 is 30.1 Å². The van der Waals surface area contributed by atoms with Gasteiger partial charge in [-0.05, 0) is 122 Å². The Morgan fingerprint density at radius 3 is 2.34 bits per heavy atom. The molecule has 0 bridgehead atoms. The van der Waals surface area contributed by atoms with Crippen molar-refractivity contribution in [2.24, 2.45) is 11.8 Å². The van der Waals surface area contributed by atoms with Crippen molar-refractivity contribution in [2.45, 2.75) is 75.8 Å². The molecule has 0 radical (unpaired) electrons. The maximum Gasteiger partial charge on any atom is 0.133 e.